The van der Waals surface area contributed by atoms with E-state index < -0.39 is 10.0 Å². The molecule has 0 saturated heterocycles. The maximum Gasteiger partial charge on any atom is 0.240 e. The summed E-state index contributed by atoms with van der Waals surface area (Å²) in [5, 5.41) is 5.13. The molecule has 0 aliphatic rings. The SMILES string of the molecule is CCC(CC)N(CCOC)c1ccc(S(N)(=O)=O)c(N)c1. The van der Waals surface area contributed by atoms with E-state index in [0.717, 1.165) is 25.1 Å². The minimum atomic E-state index is -3.79. The molecule has 1 aromatic carbocycles. The Balaban J connectivity index is 3.16. The molecule has 0 spiro atoms. The Labute approximate surface area is 127 Å². The number of nitrogens with zero attached hydrogens (tertiary/aromatic N) is 1. The van der Waals surface area contributed by atoms with Crippen LogP contribution in [-0.4, -0.2) is 34.7 Å². The summed E-state index contributed by atoms with van der Waals surface area (Å²) in [6.07, 6.45) is 1.97. The maximum atomic E-state index is 11.4. The monoisotopic (exact) mass is 315 g/mol. The van der Waals surface area contributed by atoms with Crippen LogP contribution in [0.25, 0.3) is 0 Å². The summed E-state index contributed by atoms with van der Waals surface area (Å²) >= 11 is 0. The summed E-state index contributed by atoms with van der Waals surface area (Å²) in [7, 11) is -2.14. The van der Waals surface area contributed by atoms with Crippen LogP contribution in [0, 0.1) is 0 Å². The van der Waals surface area contributed by atoms with Gasteiger partial charge in [-0.05, 0) is 31.0 Å². The third kappa shape index (κ3) is 4.59. The lowest BCUT2D eigenvalue weighted by atomic mass is 10.1. The number of ether oxygens (including phenoxy) is 1. The molecule has 0 heterocycles. The molecule has 21 heavy (non-hydrogen) atoms. The maximum absolute atomic E-state index is 11.4. The van der Waals surface area contributed by atoms with Gasteiger partial charge in [-0.2, -0.15) is 0 Å². The summed E-state index contributed by atoms with van der Waals surface area (Å²) in [6.45, 7) is 5.55. The molecule has 120 valence electrons. The van der Waals surface area contributed by atoms with Crippen molar-refractivity contribution in [2.45, 2.75) is 37.6 Å². The van der Waals surface area contributed by atoms with E-state index in [9.17, 15) is 8.42 Å². The number of methoxy groups -OCH3 is 1. The molecule has 1 rings (SSSR count). The van der Waals surface area contributed by atoms with E-state index in [0.29, 0.717) is 12.6 Å². The van der Waals surface area contributed by atoms with Crippen molar-refractivity contribution in [3.05, 3.63) is 18.2 Å². The van der Waals surface area contributed by atoms with Crippen LogP contribution in [0.1, 0.15) is 26.7 Å². The van der Waals surface area contributed by atoms with E-state index >= 15 is 0 Å². The van der Waals surface area contributed by atoms with Gasteiger partial charge in [-0.25, -0.2) is 13.6 Å². The fraction of sp³-hybridized carbons (Fsp3) is 0.571. The Morgan fingerprint density at radius 2 is 1.90 bits per heavy atom. The Hall–Kier alpha value is -1.31. The fourth-order valence-corrected chi connectivity index (χ4v) is 3.06. The highest BCUT2D eigenvalue weighted by Crippen LogP contribution is 2.26. The molecule has 0 unspecified atom stereocenters. The molecule has 0 amide bonds. The Morgan fingerprint density at radius 3 is 2.33 bits per heavy atom. The molecule has 0 saturated carbocycles. The van der Waals surface area contributed by atoms with Crippen LogP contribution < -0.4 is 15.8 Å². The fourth-order valence-electron chi connectivity index (χ4n) is 2.42. The third-order valence-electron chi connectivity index (χ3n) is 3.55. The van der Waals surface area contributed by atoms with Crippen LogP contribution in [0.4, 0.5) is 11.4 Å². The van der Waals surface area contributed by atoms with Gasteiger partial charge in [-0.15, -0.1) is 0 Å². The number of primary sulfonamides is 1. The second kappa shape index (κ2) is 7.63. The van der Waals surface area contributed by atoms with Gasteiger partial charge in [0.15, 0.2) is 0 Å². The molecular weight excluding hydrogens is 290 g/mol. The van der Waals surface area contributed by atoms with E-state index in [1.165, 1.54) is 6.07 Å². The summed E-state index contributed by atoms with van der Waals surface area (Å²) < 4.78 is 28.0. The van der Waals surface area contributed by atoms with Gasteiger partial charge >= 0.3 is 0 Å². The summed E-state index contributed by atoms with van der Waals surface area (Å²) in [6, 6.07) is 5.21. The van der Waals surface area contributed by atoms with Crippen LogP contribution in [0.2, 0.25) is 0 Å². The smallest absolute Gasteiger partial charge is 0.240 e. The molecule has 0 radical (unpaired) electrons. The highest BCUT2D eigenvalue weighted by Gasteiger charge is 2.18. The molecule has 0 aliphatic heterocycles. The van der Waals surface area contributed by atoms with E-state index in [2.05, 4.69) is 18.7 Å². The molecule has 7 heteroatoms. The van der Waals surface area contributed by atoms with Gasteiger partial charge in [0.1, 0.15) is 4.90 Å². The van der Waals surface area contributed by atoms with Gasteiger partial charge in [0.2, 0.25) is 10.0 Å². The van der Waals surface area contributed by atoms with Crippen LogP contribution >= 0.6 is 0 Å². The first-order valence-electron chi connectivity index (χ1n) is 7.03. The minimum absolute atomic E-state index is 0.0394. The number of rotatable bonds is 8. The van der Waals surface area contributed by atoms with Gasteiger partial charge in [-0.1, -0.05) is 13.8 Å². The molecule has 0 aliphatic carbocycles. The molecule has 0 atom stereocenters. The topological polar surface area (TPSA) is 98.6 Å². The van der Waals surface area contributed by atoms with Crippen molar-refractivity contribution in [3.8, 4) is 0 Å². The summed E-state index contributed by atoms with van der Waals surface area (Å²) in [5.74, 6) is 0. The quantitative estimate of drug-likeness (QED) is 0.709. The number of hydrogen-bond donors (Lipinski definition) is 2. The molecule has 1 aromatic rings. The predicted molar refractivity (Wildman–Crippen MR) is 85.8 cm³/mol. The lowest BCUT2D eigenvalue weighted by molar-refractivity contribution is 0.202. The molecule has 6 nitrogen and oxygen atoms in total. The normalized spacial score (nSPS) is 11.9. The van der Waals surface area contributed by atoms with E-state index in [4.69, 9.17) is 15.6 Å². The van der Waals surface area contributed by atoms with E-state index in [1.54, 1.807) is 19.2 Å². The number of anilines is 2. The van der Waals surface area contributed by atoms with Gasteiger partial charge < -0.3 is 15.4 Å². The summed E-state index contributed by atoms with van der Waals surface area (Å²) in [5.41, 5.74) is 6.89. The first-order chi connectivity index (χ1) is 9.85. The number of sulfonamides is 1. The highest BCUT2D eigenvalue weighted by atomic mass is 32.2. The first kappa shape index (κ1) is 17.7. The zero-order valence-electron chi connectivity index (χ0n) is 12.9. The Bertz CT molecular complexity index is 557. The second-order valence-corrected chi connectivity index (χ2v) is 6.45. The molecular formula is C14H25N3O3S. The Kier molecular flexibility index (Phi) is 6.44. The zero-order chi connectivity index (χ0) is 16.0. The van der Waals surface area contributed by atoms with E-state index in [-0.39, 0.29) is 10.6 Å². The summed E-state index contributed by atoms with van der Waals surface area (Å²) in [4.78, 5) is 2.15. The predicted octanol–water partition coefficient (Wildman–Crippen LogP) is 1.56. The van der Waals surface area contributed by atoms with E-state index in [1.807, 2.05) is 0 Å². The van der Waals surface area contributed by atoms with Crippen molar-refractivity contribution >= 4 is 21.4 Å². The standard InChI is InChI=1S/C14H25N3O3S/c1-4-11(5-2)17(8-9-20-3)12-6-7-14(13(15)10-12)21(16,18)19/h6-7,10-11H,4-5,8-9,15H2,1-3H3,(H2,16,18,19). The van der Waals surface area contributed by atoms with Gasteiger partial charge in [0.05, 0.1) is 12.3 Å². The van der Waals surface area contributed by atoms with Crippen LogP contribution in [0.3, 0.4) is 0 Å². The number of benzene rings is 1. The lowest BCUT2D eigenvalue weighted by Gasteiger charge is -2.33. The zero-order valence-corrected chi connectivity index (χ0v) is 13.7. The lowest BCUT2D eigenvalue weighted by Crippen LogP contribution is -2.37. The average molecular weight is 315 g/mol. The molecule has 0 bridgehead atoms. The number of nitrogen functional groups attached to an aromatic ring is 1. The van der Waals surface area contributed by atoms with Crippen molar-refractivity contribution in [1.82, 2.24) is 0 Å². The van der Waals surface area contributed by atoms with Crippen molar-refractivity contribution in [2.75, 3.05) is 30.9 Å². The average Bonchev–Trinajstić information content (AvgIpc) is 2.42. The number of nitrogens with two attached hydrogens (primary N) is 2. The number of hydrogen-bond acceptors (Lipinski definition) is 5. The van der Waals surface area contributed by atoms with Crippen molar-refractivity contribution < 1.29 is 13.2 Å². The Morgan fingerprint density at radius 1 is 1.29 bits per heavy atom. The van der Waals surface area contributed by atoms with Gasteiger partial charge in [-0.3, -0.25) is 0 Å². The van der Waals surface area contributed by atoms with Crippen molar-refractivity contribution in [2.24, 2.45) is 5.14 Å². The molecule has 4 N–H and O–H groups in total. The third-order valence-corrected chi connectivity index (χ3v) is 4.54. The van der Waals surface area contributed by atoms with Crippen molar-refractivity contribution in [1.29, 1.82) is 0 Å². The largest absolute Gasteiger partial charge is 0.398 e. The minimum Gasteiger partial charge on any atom is -0.398 e. The van der Waals surface area contributed by atoms with Crippen LogP contribution in [0.5, 0.6) is 0 Å². The van der Waals surface area contributed by atoms with Crippen LogP contribution in [0.15, 0.2) is 23.1 Å². The van der Waals surface area contributed by atoms with Gasteiger partial charge in [0, 0.05) is 25.4 Å². The van der Waals surface area contributed by atoms with Crippen molar-refractivity contribution in [3.63, 3.8) is 0 Å². The first-order valence-corrected chi connectivity index (χ1v) is 8.57. The molecule has 0 fully saturated rings. The van der Waals surface area contributed by atoms with Crippen LogP contribution in [-0.2, 0) is 14.8 Å². The van der Waals surface area contributed by atoms with Gasteiger partial charge in [0.25, 0.3) is 0 Å². The molecule has 0 aromatic heterocycles. The highest BCUT2D eigenvalue weighted by molar-refractivity contribution is 7.89. The second-order valence-electron chi connectivity index (χ2n) is 4.92.